The molecule has 0 radical (unpaired) electrons. The maximum absolute atomic E-state index is 5.91. The summed E-state index contributed by atoms with van der Waals surface area (Å²) in [5.74, 6) is 0. The molecule has 0 aromatic carbocycles. The van der Waals surface area contributed by atoms with Gasteiger partial charge in [0.05, 0.1) is 11.2 Å². The van der Waals surface area contributed by atoms with Crippen molar-refractivity contribution < 1.29 is 0 Å². The Balaban J connectivity index is 2.48. The number of hydrogen-bond donors (Lipinski definition) is 0. The summed E-state index contributed by atoms with van der Waals surface area (Å²) in [6.07, 6.45) is 3.66. The number of aryl methyl sites for hydroxylation is 1. The third-order valence-electron chi connectivity index (χ3n) is 1.88. The highest BCUT2D eigenvalue weighted by Crippen LogP contribution is 2.24. The van der Waals surface area contributed by atoms with E-state index in [0.717, 1.165) is 16.3 Å². The highest BCUT2D eigenvalue weighted by atomic mass is 35.5. The Hall–Kier alpha value is -1.07. The van der Waals surface area contributed by atoms with Gasteiger partial charge < -0.3 is 0 Å². The molecule has 0 saturated heterocycles. The van der Waals surface area contributed by atoms with Gasteiger partial charge in [-0.05, 0) is 18.4 Å². The number of rotatable bonds is 2. The minimum atomic E-state index is 0.475. The van der Waals surface area contributed by atoms with Crippen molar-refractivity contribution >= 4 is 23.4 Å². The molecule has 0 bridgehead atoms. The molecule has 0 aliphatic rings. The molecule has 0 atom stereocenters. The first kappa shape index (κ1) is 10.4. The van der Waals surface area contributed by atoms with Gasteiger partial charge in [-0.15, -0.1) is 11.8 Å². The molecule has 0 aliphatic carbocycles. The van der Waals surface area contributed by atoms with Gasteiger partial charge in [0, 0.05) is 12.6 Å². The van der Waals surface area contributed by atoms with Crippen molar-refractivity contribution in [3.05, 3.63) is 23.5 Å². The van der Waals surface area contributed by atoms with Crippen molar-refractivity contribution in [3.8, 4) is 11.3 Å². The van der Waals surface area contributed by atoms with E-state index in [1.54, 1.807) is 31.1 Å². The predicted molar refractivity (Wildman–Crippen MR) is 61.0 cm³/mol. The predicted octanol–water partition coefficient (Wildman–Crippen LogP) is 2.25. The minimum Gasteiger partial charge on any atom is -0.230 e. The summed E-state index contributed by atoms with van der Waals surface area (Å²) in [6, 6.07) is 3.73. The van der Waals surface area contributed by atoms with Crippen LogP contribution in [0.2, 0.25) is 5.15 Å². The van der Waals surface area contributed by atoms with Gasteiger partial charge in [-0.2, -0.15) is 15.0 Å². The number of aromatic nitrogens is 4. The Morgan fingerprint density at radius 2 is 2.20 bits per heavy atom. The lowest BCUT2D eigenvalue weighted by Crippen LogP contribution is -1.92. The van der Waals surface area contributed by atoms with Gasteiger partial charge in [0.1, 0.15) is 10.8 Å². The molecule has 0 fully saturated rings. The molecule has 0 N–H and O–H groups in total. The second-order valence-corrected chi connectivity index (χ2v) is 4.15. The van der Waals surface area contributed by atoms with Gasteiger partial charge >= 0.3 is 0 Å². The lowest BCUT2D eigenvalue weighted by atomic mass is 10.2. The second-order valence-electron chi connectivity index (χ2n) is 2.94. The quantitative estimate of drug-likeness (QED) is 0.597. The zero-order valence-electron chi connectivity index (χ0n) is 8.31. The summed E-state index contributed by atoms with van der Waals surface area (Å²) in [7, 11) is 1.78. The molecule has 2 aromatic heterocycles. The lowest BCUT2D eigenvalue weighted by Gasteiger charge is -2.00. The highest BCUT2D eigenvalue weighted by molar-refractivity contribution is 7.98. The highest BCUT2D eigenvalue weighted by Gasteiger charge is 2.06. The van der Waals surface area contributed by atoms with Gasteiger partial charge in [0.2, 0.25) is 0 Å². The molecule has 0 unspecified atom stereocenters. The lowest BCUT2D eigenvalue weighted by molar-refractivity contribution is 0.655. The van der Waals surface area contributed by atoms with Crippen LogP contribution in [-0.2, 0) is 7.05 Å². The van der Waals surface area contributed by atoms with Gasteiger partial charge in [0.25, 0.3) is 0 Å². The third kappa shape index (κ3) is 2.30. The van der Waals surface area contributed by atoms with Crippen LogP contribution in [0.3, 0.4) is 0 Å². The number of thioether (sulfide) groups is 1. The molecule has 0 amide bonds. The summed E-state index contributed by atoms with van der Waals surface area (Å²) < 4.78 is 0. The largest absolute Gasteiger partial charge is 0.230 e. The Morgan fingerprint density at radius 1 is 1.40 bits per heavy atom. The SMILES string of the molecule is CSc1cc(-c2cnn(C)n2)cc(Cl)n1. The van der Waals surface area contributed by atoms with Crippen molar-refractivity contribution in [2.45, 2.75) is 5.03 Å². The molecule has 0 saturated carbocycles. The number of pyridine rings is 1. The first-order chi connectivity index (χ1) is 7.19. The van der Waals surface area contributed by atoms with Crippen molar-refractivity contribution in [2.75, 3.05) is 6.26 Å². The molecular formula is C9H9ClN4S. The summed E-state index contributed by atoms with van der Waals surface area (Å²) >= 11 is 7.45. The van der Waals surface area contributed by atoms with Crippen LogP contribution in [0, 0.1) is 0 Å². The van der Waals surface area contributed by atoms with E-state index in [2.05, 4.69) is 15.2 Å². The topological polar surface area (TPSA) is 43.6 Å². The average molecular weight is 241 g/mol. The zero-order valence-corrected chi connectivity index (χ0v) is 9.88. The number of hydrogen-bond acceptors (Lipinski definition) is 4. The van der Waals surface area contributed by atoms with E-state index in [1.165, 1.54) is 4.80 Å². The van der Waals surface area contributed by atoms with E-state index in [-0.39, 0.29) is 0 Å². The summed E-state index contributed by atoms with van der Waals surface area (Å²) in [5.41, 5.74) is 1.74. The summed E-state index contributed by atoms with van der Waals surface area (Å²) in [4.78, 5) is 5.67. The van der Waals surface area contributed by atoms with Crippen LogP contribution < -0.4 is 0 Å². The van der Waals surface area contributed by atoms with Crippen LogP contribution in [0.4, 0.5) is 0 Å². The second kappa shape index (κ2) is 4.20. The van der Waals surface area contributed by atoms with Crippen molar-refractivity contribution in [3.63, 3.8) is 0 Å². The van der Waals surface area contributed by atoms with Gasteiger partial charge in [0.15, 0.2) is 0 Å². The van der Waals surface area contributed by atoms with Crippen molar-refractivity contribution in [1.29, 1.82) is 0 Å². The fraction of sp³-hybridized carbons (Fsp3) is 0.222. The Labute approximate surface area is 96.7 Å². The average Bonchev–Trinajstić information content (AvgIpc) is 2.64. The molecule has 0 aliphatic heterocycles. The third-order valence-corrected chi connectivity index (χ3v) is 2.70. The van der Waals surface area contributed by atoms with Crippen LogP contribution in [-0.4, -0.2) is 26.2 Å². The van der Waals surface area contributed by atoms with E-state index in [4.69, 9.17) is 11.6 Å². The number of nitrogens with zero attached hydrogens (tertiary/aromatic N) is 4. The molecule has 4 nitrogen and oxygen atoms in total. The maximum atomic E-state index is 5.91. The molecule has 2 heterocycles. The van der Waals surface area contributed by atoms with Crippen molar-refractivity contribution in [2.24, 2.45) is 7.05 Å². The van der Waals surface area contributed by atoms with Gasteiger partial charge in [-0.1, -0.05) is 11.6 Å². The summed E-state index contributed by atoms with van der Waals surface area (Å²) in [6.45, 7) is 0. The smallest absolute Gasteiger partial charge is 0.131 e. The Bertz CT molecular complexity index is 483. The van der Waals surface area contributed by atoms with Crippen molar-refractivity contribution in [1.82, 2.24) is 20.0 Å². The van der Waals surface area contributed by atoms with E-state index in [1.807, 2.05) is 12.3 Å². The minimum absolute atomic E-state index is 0.475. The van der Waals surface area contributed by atoms with Gasteiger partial charge in [-0.25, -0.2) is 4.98 Å². The molecule has 0 spiro atoms. The standard InChI is InChI=1S/C9H9ClN4S/c1-14-11-5-7(13-14)6-3-8(10)12-9(4-6)15-2/h3-5H,1-2H3. The molecule has 2 rings (SSSR count). The molecular weight excluding hydrogens is 232 g/mol. The zero-order chi connectivity index (χ0) is 10.8. The number of halogens is 1. The molecule has 2 aromatic rings. The monoisotopic (exact) mass is 240 g/mol. The van der Waals surface area contributed by atoms with Crippen LogP contribution >= 0.6 is 23.4 Å². The first-order valence-corrected chi connectivity index (χ1v) is 5.87. The maximum Gasteiger partial charge on any atom is 0.131 e. The summed E-state index contributed by atoms with van der Waals surface area (Å²) in [5, 5.41) is 9.57. The molecule has 6 heteroatoms. The fourth-order valence-electron chi connectivity index (χ4n) is 1.20. The van der Waals surface area contributed by atoms with E-state index < -0.39 is 0 Å². The van der Waals surface area contributed by atoms with E-state index in [0.29, 0.717) is 5.15 Å². The van der Waals surface area contributed by atoms with E-state index >= 15 is 0 Å². The fourth-order valence-corrected chi connectivity index (χ4v) is 1.90. The van der Waals surface area contributed by atoms with Crippen LogP contribution in [0.15, 0.2) is 23.4 Å². The first-order valence-electron chi connectivity index (χ1n) is 4.27. The van der Waals surface area contributed by atoms with Crippen LogP contribution in [0.5, 0.6) is 0 Å². The Morgan fingerprint density at radius 3 is 2.80 bits per heavy atom. The molecule has 78 valence electrons. The molecule has 15 heavy (non-hydrogen) atoms. The normalized spacial score (nSPS) is 10.6. The van der Waals surface area contributed by atoms with Gasteiger partial charge in [-0.3, -0.25) is 0 Å². The van der Waals surface area contributed by atoms with Crippen LogP contribution in [0.1, 0.15) is 0 Å². The van der Waals surface area contributed by atoms with Crippen LogP contribution in [0.25, 0.3) is 11.3 Å². The van der Waals surface area contributed by atoms with E-state index in [9.17, 15) is 0 Å². The Kier molecular flexibility index (Phi) is 2.93.